The van der Waals surface area contributed by atoms with Gasteiger partial charge >= 0.3 is 5.97 Å². The minimum Gasteiger partial charge on any atom is -0.504 e. The van der Waals surface area contributed by atoms with Crippen LogP contribution in [0, 0.1) is 0 Å². The van der Waals surface area contributed by atoms with Crippen LogP contribution in [0.3, 0.4) is 0 Å². The molecule has 0 aliphatic carbocycles. The number of ether oxygens (including phenoxy) is 2. The molecule has 3 nitrogen and oxygen atoms in total. The highest BCUT2D eigenvalue weighted by Gasteiger charge is 2.03. The van der Waals surface area contributed by atoms with E-state index < -0.39 is 0 Å². The van der Waals surface area contributed by atoms with Gasteiger partial charge in [0.2, 0.25) is 0 Å². The summed E-state index contributed by atoms with van der Waals surface area (Å²) in [4.78, 5) is 11.0. The second kappa shape index (κ2) is 5.97. The molecule has 0 spiro atoms. The molecule has 0 aliphatic rings. The fraction of sp³-hybridized carbons (Fsp3) is 0.571. The Bertz CT molecular complexity index is 154. The molecule has 0 rings (SSSR count). The molecule has 0 aromatic rings. The Morgan fingerprint density at radius 3 is 2.73 bits per heavy atom. The van der Waals surface area contributed by atoms with Crippen LogP contribution >= 0.6 is 0 Å². The van der Waals surface area contributed by atoms with Gasteiger partial charge in [0.15, 0.2) is 0 Å². The molecule has 0 aromatic carbocycles. The molecule has 0 heterocycles. The SMILES string of the molecule is CCCOC(=O)C([SiH3])=COC. The highest BCUT2D eigenvalue weighted by molar-refractivity contribution is 6.35. The Hall–Kier alpha value is -0.773. The molecule has 0 N–H and O–H groups in total. The van der Waals surface area contributed by atoms with Crippen LogP contribution in [0.4, 0.5) is 0 Å². The molecule has 64 valence electrons. The van der Waals surface area contributed by atoms with Gasteiger partial charge in [-0.1, -0.05) is 6.92 Å². The Morgan fingerprint density at radius 2 is 2.27 bits per heavy atom. The van der Waals surface area contributed by atoms with Crippen LogP contribution in [0.5, 0.6) is 0 Å². The van der Waals surface area contributed by atoms with Crippen molar-refractivity contribution < 1.29 is 14.3 Å². The quantitative estimate of drug-likeness (QED) is 0.256. The first-order chi connectivity index (χ1) is 5.22. The van der Waals surface area contributed by atoms with Gasteiger partial charge in [-0.25, -0.2) is 4.79 Å². The van der Waals surface area contributed by atoms with E-state index in [2.05, 4.69) is 4.74 Å². The second-order valence-electron chi connectivity index (χ2n) is 2.17. The Balaban J connectivity index is 3.73. The standard InChI is InChI=1S/C7H14O3Si/c1-3-4-10-7(8)6(11)5-9-2/h5H,3-4H2,1-2,11H3. The number of rotatable bonds is 4. The third-order valence-electron chi connectivity index (χ3n) is 1.05. The van der Waals surface area contributed by atoms with Crippen LogP contribution in [0.25, 0.3) is 0 Å². The maximum atomic E-state index is 11.0. The van der Waals surface area contributed by atoms with E-state index in [4.69, 9.17) is 4.74 Å². The van der Waals surface area contributed by atoms with Crippen molar-refractivity contribution in [1.82, 2.24) is 0 Å². The van der Waals surface area contributed by atoms with Gasteiger partial charge in [-0.2, -0.15) is 0 Å². The van der Waals surface area contributed by atoms with Gasteiger partial charge in [0.05, 0.1) is 30.2 Å². The largest absolute Gasteiger partial charge is 0.504 e. The van der Waals surface area contributed by atoms with Crippen molar-refractivity contribution in [3.63, 3.8) is 0 Å². The highest BCUT2D eigenvalue weighted by Crippen LogP contribution is 1.93. The lowest BCUT2D eigenvalue weighted by molar-refractivity contribution is -0.138. The summed E-state index contributed by atoms with van der Waals surface area (Å²) in [6.07, 6.45) is 2.29. The lowest BCUT2D eigenvalue weighted by atomic mass is 10.5. The zero-order chi connectivity index (χ0) is 8.69. The molecular weight excluding hydrogens is 160 g/mol. The van der Waals surface area contributed by atoms with E-state index in [1.807, 2.05) is 6.92 Å². The summed E-state index contributed by atoms with van der Waals surface area (Å²) < 4.78 is 9.53. The molecule has 0 bridgehead atoms. The number of carbonyl (C=O) groups is 1. The van der Waals surface area contributed by atoms with Crippen molar-refractivity contribution in [3.05, 3.63) is 11.5 Å². The Labute approximate surface area is 69.8 Å². The van der Waals surface area contributed by atoms with Gasteiger partial charge in [-0.15, -0.1) is 0 Å². The smallest absolute Gasteiger partial charge is 0.331 e. The average molecular weight is 174 g/mol. The molecule has 0 radical (unpaired) electrons. The lowest BCUT2D eigenvalue weighted by Gasteiger charge is -2.01. The van der Waals surface area contributed by atoms with Gasteiger partial charge < -0.3 is 9.47 Å². The van der Waals surface area contributed by atoms with Gasteiger partial charge in [-0.05, 0) is 6.42 Å². The van der Waals surface area contributed by atoms with Crippen LogP contribution in [-0.4, -0.2) is 29.9 Å². The molecule has 0 aliphatic heterocycles. The third-order valence-corrected chi connectivity index (χ3v) is 1.70. The van der Waals surface area contributed by atoms with Crippen LogP contribution in [0.2, 0.25) is 0 Å². The molecular formula is C7H14O3Si. The van der Waals surface area contributed by atoms with E-state index in [9.17, 15) is 4.79 Å². The van der Waals surface area contributed by atoms with Crippen molar-refractivity contribution in [2.75, 3.05) is 13.7 Å². The van der Waals surface area contributed by atoms with Crippen molar-refractivity contribution in [2.45, 2.75) is 13.3 Å². The molecule has 0 fully saturated rings. The van der Waals surface area contributed by atoms with E-state index >= 15 is 0 Å². The molecule has 0 aromatic heterocycles. The van der Waals surface area contributed by atoms with Crippen LogP contribution in [0.1, 0.15) is 13.3 Å². The minimum atomic E-state index is -0.250. The Morgan fingerprint density at radius 1 is 1.64 bits per heavy atom. The van der Waals surface area contributed by atoms with Crippen molar-refractivity contribution >= 4 is 16.2 Å². The van der Waals surface area contributed by atoms with E-state index in [1.165, 1.54) is 13.4 Å². The second-order valence-corrected chi connectivity index (χ2v) is 3.25. The molecule has 0 atom stereocenters. The van der Waals surface area contributed by atoms with Crippen molar-refractivity contribution in [1.29, 1.82) is 0 Å². The van der Waals surface area contributed by atoms with E-state index in [0.29, 0.717) is 22.0 Å². The minimum absolute atomic E-state index is 0.250. The van der Waals surface area contributed by atoms with Crippen molar-refractivity contribution in [3.8, 4) is 0 Å². The summed E-state index contributed by atoms with van der Waals surface area (Å²) in [7, 11) is 2.18. The van der Waals surface area contributed by atoms with Crippen LogP contribution in [0.15, 0.2) is 11.5 Å². The van der Waals surface area contributed by atoms with Crippen LogP contribution in [-0.2, 0) is 14.3 Å². The summed E-state index contributed by atoms with van der Waals surface area (Å²) >= 11 is 0. The lowest BCUT2D eigenvalue weighted by Crippen LogP contribution is -2.08. The van der Waals surface area contributed by atoms with Gasteiger partial charge in [0, 0.05) is 5.20 Å². The number of methoxy groups -OCH3 is 1. The van der Waals surface area contributed by atoms with Gasteiger partial charge in [0.25, 0.3) is 0 Å². The van der Waals surface area contributed by atoms with Gasteiger partial charge in [-0.3, -0.25) is 0 Å². The molecule has 0 saturated carbocycles. The zero-order valence-corrected chi connectivity index (χ0v) is 9.22. The Kier molecular flexibility index (Phi) is 5.55. The first kappa shape index (κ1) is 10.2. The molecule has 0 saturated heterocycles. The first-order valence-corrected chi connectivity index (χ1v) is 4.59. The fourth-order valence-electron chi connectivity index (χ4n) is 0.533. The molecule has 4 heteroatoms. The highest BCUT2D eigenvalue weighted by atomic mass is 28.1. The summed E-state index contributed by atoms with van der Waals surface area (Å²) in [5.41, 5.74) is 0. The van der Waals surface area contributed by atoms with E-state index in [0.717, 1.165) is 6.42 Å². The van der Waals surface area contributed by atoms with Crippen LogP contribution < -0.4 is 0 Å². The predicted octanol–water partition coefficient (Wildman–Crippen LogP) is -0.207. The van der Waals surface area contributed by atoms with E-state index in [-0.39, 0.29) is 5.97 Å². The number of carbonyl (C=O) groups excluding carboxylic acids is 1. The number of hydrogen-bond donors (Lipinski definition) is 0. The van der Waals surface area contributed by atoms with Crippen molar-refractivity contribution in [2.24, 2.45) is 0 Å². The fourth-order valence-corrected chi connectivity index (χ4v) is 0.914. The predicted molar refractivity (Wildman–Crippen MR) is 46.3 cm³/mol. The first-order valence-electron chi connectivity index (χ1n) is 3.59. The average Bonchev–Trinajstić information content (AvgIpc) is 2.00. The topological polar surface area (TPSA) is 35.5 Å². The maximum absolute atomic E-state index is 11.0. The summed E-state index contributed by atoms with van der Waals surface area (Å²) in [6, 6.07) is 0. The normalized spacial score (nSPS) is 11.3. The number of esters is 1. The maximum Gasteiger partial charge on any atom is 0.331 e. The third kappa shape index (κ3) is 4.61. The molecule has 0 unspecified atom stereocenters. The van der Waals surface area contributed by atoms with E-state index in [1.54, 1.807) is 0 Å². The summed E-state index contributed by atoms with van der Waals surface area (Å²) in [5.74, 6) is -0.250. The molecule has 0 amide bonds. The summed E-state index contributed by atoms with van der Waals surface area (Å²) in [5, 5.41) is 0.626. The zero-order valence-electron chi connectivity index (χ0n) is 7.22. The summed E-state index contributed by atoms with van der Waals surface area (Å²) in [6.45, 7) is 2.45. The monoisotopic (exact) mass is 174 g/mol. The van der Waals surface area contributed by atoms with Gasteiger partial charge in [0.1, 0.15) is 0 Å². The molecule has 11 heavy (non-hydrogen) atoms. The number of hydrogen-bond acceptors (Lipinski definition) is 3.